The molecule has 4 nitrogen and oxygen atoms in total. The zero-order chi connectivity index (χ0) is 12.0. The largest absolute Gasteiger partial charge is 0.506 e. The van der Waals surface area contributed by atoms with E-state index < -0.39 is 0 Å². The molecule has 0 aliphatic rings. The van der Waals surface area contributed by atoms with Gasteiger partial charge in [0.2, 0.25) is 0 Å². The Labute approximate surface area is 99.2 Å². The maximum Gasteiger partial charge on any atom is 0.251 e. The molecule has 0 aromatic heterocycles. The topological polar surface area (TPSA) is 58.6 Å². The molecule has 2 N–H and O–H groups in total. The zero-order valence-electron chi connectivity index (χ0n) is 9.00. The third kappa shape index (κ3) is 3.72. The SMILES string of the molecule is CCOCCNC(=O)c1ccc(O)c(Cl)c1. The molecule has 88 valence electrons. The highest BCUT2D eigenvalue weighted by Gasteiger charge is 2.07. The lowest BCUT2D eigenvalue weighted by molar-refractivity contribution is 0.0922. The second-order valence-corrected chi connectivity index (χ2v) is 3.53. The van der Waals surface area contributed by atoms with Crippen LogP contribution in [0.1, 0.15) is 17.3 Å². The number of halogens is 1. The van der Waals surface area contributed by atoms with Crippen molar-refractivity contribution in [3.63, 3.8) is 0 Å². The molecule has 0 spiro atoms. The summed E-state index contributed by atoms with van der Waals surface area (Å²) in [6, 6.07) is 4.32. The molecule has 0 atom stereocenters. The number of amides is 1. The van der Waals surface area contributed by atoms with E-state index in [0.717, 1.165) is 0 Å². The Kier molecular flexibility index (Phi) is 5.08. The van der Waals surface area contributed by atoms with Gasteiger partial charge in [0.1, 0.15) is 5.75 Å². The van der Waals surface area contributed by atoms with Crippen LogP contribution >= 0.6 is 11.6 Å². The first-order chi connectivity index (χ1) is 7.65. The third-order valence-electron chi connectivity index (χ3n) is 1.95. The van der Waals surface area contributed by atoms with Crippen LogP contribution in [-0.4, -0.2) is 30.8 Å². The van der Waals surface area contributed by atoms with Gasteiger partial charge >= 0.3 is 0 Å². The summed E-state index contributed by atoms with van der Waals surface area (Å²) in [7, 11) is 0. The van der Waals surface area contributed by atoms with Crippen LogP contribution in [0.4, 0.5) is 0 Å². The number of ether oxygens (including phenoxy) is 1. The van der Waals surface area contributed by atoms with Crippen molar-refractivity contribution in [1.29, 1.82) is 0 Å². The molecule has 0 aliphatic carbocycles. The summed E-state index contributed by atoms with van der Waals surface area (Å²) in [5.41, 5.74) is 0.416. The first-order valence-electron chi connectivity index (χ1n) is 4.99. The van der Waals surface area contributed by atoms with Crippen LogP contribution < -0.4 is 5.32 Å². The molecular weight excluding hydrogens is 230 g/mol. The number of carbonyl (C=O) groups excluding carboxylic acids is 1. The Morgan fingerprint density at radius 1 is 1.56 bits per heavy atom. The summed E-state index contributed by atoms with van der Waals surface area (Å²) in [5.74, 6) is -0.269. The van der Waals surface area contributed by atoms with Crippen molar-refractivity contribution < 1.29 is 14.6 Å². The van der Waals surface area contributed by atoms with E-state index in [1.165, 1.54) is 18.2 Å². The second-order valence-electron chi connectivity index (χ2n) is 3.12. The normalized spacial score (nSPS) is 10.1. The summed E-state index contributed by atoms with van der Waals surface area (Å²) in [6.45, 7) is 3.45. The summed E-state index contributed by atoms with van der Waals surface area (Å²) in [5, 5.41) is 12.0. The Morgan fingerprint density at radius 3 is 2.94 bits per heavy atom. The summed E-state index contributed by atoms with van der Waals surface area (Å²) < 4.78 is 5.08. The first-order valence-corrected chi connectivity index (χ1v) is 5.37. The quantitative estimate of drug-likeness (QED) is 0.776. The number of benzene rings is 1. The molecule has 0 saturated carbocycles. The Morgan fingerprint density at radius 2 is 2.31 bits per heavy atom. The molecule has 1 aromatic carbocycles. The van der Waals surface area contributed by atoms with Crippen LogP contribution in [0.25, 0.3) is 0 Å². The molecule has 1 aromatic rings. The molecule has 0 fully saturated rings. The molecule has 1 rings (SSSR count). The number of hydrogen-bond acceptors (Lipinski definition) is 3. The van der Waals surface area contributed by atoms with Gasteiger partial charge in [0, 0.05) is 18.7 Å². The number of phenolic OH excluding ortho intramolecular Hbond substituents is 1. The van der Waals surface area contributed by atoms with Gasteiger partial charge in [-0.2, -0.15) is 0 Å². The van der Waals surface area contributed by atoms with E-state index in [9.17, 15) is 9.90 Å². The van der Waals surface area contributed by atoms with Gasteiger partial charge in [0.25, 0.3) is 5.91 Å². The lowest BCUT2D eigenvalue weighted by atomic mass is 10.2. The summed E-state index contributed by atoms with van der Waals surface area (Å²) >= 11 is 5.69. The predicted octanol–water partition coefficient (Wildman–Crippen LogP) is 1.81. The van der Waals surface area contributed by atoms with Gasteiger partial charge in [-0.25, -0.2) is 0 Å². The summed E-state index contributed by atoms with van der Waals surface area (Å²) in [6.07, 6.45) is 0. The van der Waals surface area contributed by atoms with Crippen molar-refractivity contribution >= 4 is 17.5 Å². The molecular formula is C11H14ClNO3. The van der Waals surface area contributed by atoms with E-state index in [0.29, 0.717) is 25.3 Å². The van der Waals surface area contributed by atoms with Crippen molar-refractivity contribution in [2.45, 2.75) is 6.92 Å². The standard InChI is InChI=1S/C11H14ClNO3/c1-2-16-6-5-13-11(15)8-3-4-10(14)9(12)7-8/h3-4,7,14H,2,5-6H2,1H3,(H,13,15). The van der Waals surface area contributed by atoms with Gasteiger partial charge in [0.05, 0.1) is 11.6 Å². The lowest BCUT2D eigenvalue weighted by Gasteiger charge is -2.06. The molecule has 16 heavy (non-hydrogen) atoms. The number of carbonyl (C=O) groups is 1. The van der Waals surface area contributed by atoms with Crippen LogP contribution in [0.5, 0.6) is 5.75 Å². The van der Waals surface area contributed by atoms with Crippen molar-refractivity contribution in [2.75, 3.05) is 19.8 Å². The molecule has 0 radical (unpaired) electrons. The van der Waals surface area contributed by atoms with Crippen molar-refractivity contribution in [3.8, 4) is 5.75 Å². The predicted molar refractivity (Wildman–Crippen MR) is 61.9 cm³/mol. The van der Waals surface area contributed by atoms with Gasteiger partial charge in [-0.15, -0.1) is 0 Å². The molecule has 0 saturated heterocycles. The Hall–Kier alpha value is -1.26. The minimum atomic E-state index is -0.235. The first kappa shape index (κ1) is 12.8. The lowest BCUT2D eigenvalue weighted by Crippen LogP contribution is -2.27. The van der Waals surface area contributed by atoms with E-state index in [-0.39, 0.29) is 16.7 Å². The maximum absolute atomic E-state index is 11.6. The number of hydrogen-bond donors (Lipinski definition) is 2. The van der Waals surface area contributed by atoms with E-state index in [4.69, 9.17) is 16.3 Å². The average Bonchev–Trinajstić information content (AvgIpc) is 2.28. The highest BCUT2D eigenvalue weighted by molar-refractivity contribution is 6.32. The third-order valence-corrected chi connectivity index (χ3v) is 2.25. The van der Waals surface area contributed by atoms with Crippen LogP contribution in [-0.2, 0) is 4.74 Å². The fraction of sp³-hybridized carbons (Fsp3) is 0.364. The van der Waals surface area contributed by atoms with Gasteiger partial charge in [-0.1, -0.05) is 11.6 Å². The minimum Gasteiger partial charge on any atom is -0.506 e. The minimum absolute atomic E-state index is 0.0347. The smallest absolute Gasteiger partial charge is 0.251 e. The van der Waals surface area contributed by atoms with Gasteiger partial charge in [-0.3, -0.25) is 4.79 Å². The van der Waals surface area contributed by atoms with E-state index in [2.05, 4.69) is 5.32 Å². The fourth-order valence-electron chi connectivity index (χ4n) is 1.13. The zero-order valence-corrected chi connectivity index (χ0v) is 9.75. The van der Waals surface area contributed by atoms with Crippen LogP contribution in [0.2, 0.25) is 5.02 Å². The molecule has 0 heterocycles. The Balaban J connectivity index is 2.50. The van der Waals surface area contributed by atoms with Crippen LogP contribution in [0.3, 0.4) is 0 Å². The average molecular weight is 244 g/mol. The van der Waals surface area contributed by atoms with Gasteiger partial charge in [0.15, 0.2) is 0 Å². The van der Waals surface area contributed by atoms with Crippen molar-refractivity contribution in [3.05, 3.63) is 28.8 Å². The number of aromatic hydroxyl groups is 1. The van der Waals surface area contributed by atoms with Crippen LogP contribution in [0.15, 0.2) is 18.2 Å². The van der Waals surface area contributed by atoms with E-state index in [1.807, 2.05) is 6.92 Å². The monoisotopic (exact) mass is 243 g/mol. The molecule has 0 bridgehead atoms. The van der Waals surface area contributed by atoms with E-state index in [1.54, 1.807) is 0 Å². The maximum atomic E-state index is 11.6. The van der Waals surface area contributed by atoms with Crippen LogP contribution in [0, 0.1) is 0 Å². The van der Waals surface area contributed by atoms with Gasteiger partial charge in [-0.05, 0) is 25.1 Å². The van der Waals surface area contributed by atoms with Crippen molar-refractivity contribution in [2.24, 2.45) is 0 Å². The highest BCUT2D eigenvalue weighted by Crippen LogP contribution is 2.23. The number of nitrogens with one attached hydrogen (secondary N) is 1. The molecule has 1 amide bonds. The number of phenols is 1. The van der Waals surface area contributed by atoms with Gasteiger partial charge < -0.3 is 15.2 Å². The number of rotatable bonds is 5. The fourth-order valence-corrected chi connectivity index (χ4v) is 1.31. The van der Waals surface area contributed by atoms with E-state index >= 15 is 0 Å². The molecule has 0 aliphatic heterocycles. The molecule has 0 unspecified atom stereocenters. The van der Waals surface area contributed by atoms with Crippen molar-refractivity contribution in [1.82, 2.24) is 5.32 Å². The molecule has 5 heteroatoms. The second kappa shape index (κ2) is 6.35. The summed E-state index contributed by atoms with van der Waals surface area (Å²) in [4.78, 5) is 11.6. The highest BCUT2D eigenvalue weighted by atomic mass is 35.5. The Bertz CT molecular complexity index is 368.